The molecule has 0 radical (unpaired) electrons. The molecule has 138 valence electrons. The number of amides is 1. The second-order valence-electron chi connectivity index (χ2n) is 8.01. The first kappa shape index (κ1) is 17.3. The Morgan fingerprint density at radius 2 is 1.96 bits per heavy atom. The highest BCUT2D eigenvalue weighted by Crippen LogP contribution is 2.37. The fourth-order valence-electron chi connectivity index (χ4n) is 4.08. The predicted molar refractivity (Wildman–Crippen MR) is 102 cm³/mol. The molecule has 0 unspecified atom stereocenters. The number of rotatable bonds is 2. The van der Waals surface area contributed by atoms with Gasteiger partial charge in [0.2, 0.25) is 0 Å². The molecule has 1 fully saturated rings. The number of piperazine rings is 1. The van der Waals surface area contributed by atoms with Crippen LogP contribution in [0.25, 0.3) is 0 Å². The normalized spacial score (nSPS) is 19.6. The number of H-pyrrole nitrogens is 1. The number of thiazole rings is 1. The van der Waals surface area contributed by atoms with Gasteiger partial charge in [-0.2, -0.15) is 0 Å². The van der Waals surface area contributed by atoms with Crippen molar-refractivity contribution < 1.29 is 9.59 Å². The van der Waals surface area contributed by atoms with Gasteiger partial charge in [0.05, 0.1) is 0 Å². The summed E-state index contributed by atoms with van der Waals surface area (Å²) in [5.41, 5.74) is 3.01. The van der Waals surface area contributed by atoms with E-state index in [2.05, 4.69) is 28.7 Å². The van der Waals surface area contributed by atoms with E-state index in [9.17, 15) is 9.59 Å². The van der Waals surface area contributed by atoms with Crippen LogP contribution in [0.4, 0.5) is 5.13 Å². The highest BCUT2D eigenvalue weighted by molar-refractivity contribution is 7.13. The number of ketones is 1. The molecule has 1 aliphatic carbocycles. The van der Waals surface area contributed by atoms with Crippen LogP contribution in [-0.2, 0) is 6.42 Å². The number of fused-ring (bicyclic) bond motifs is 1. The Bertz CT molecular complexity index is 845. The molecule has 6 nitrogen and oxygen atoms in total. The van der Waals surface area contributed by atoms with Crippen molar-refractivity contribution in [3.05, 3.63) is 34.1 Å². The lowest BCUT2D eigenvalue weighted by molar-refractivity contribution is 0.0740. The van der Waals surface area contributed by atoms with Crippen LogP contribution in [-0.4, -0.2) is 52.7 Å². The lowest BCUT2D eigenvalue weighted by Crippen LogP contribution is -2.49. The van der Waals surface area contributed by atoms with Gasteiger partial charge >= 0.3 is 0 Å². The molecule has 4 rings (SSSR count). The maximum Gasteiger partial charge on any atom is 0.270 e. The van der Waals surface area contributed by atoms with Crippen molar-refractivity contribution in [3.63, 3.8) is 0 Å². The lowest BCUT2D eigenvalue weighted by atomic mass is 9.75. The molecular formula is C19H24N4O2S. The average molecular weight is 372 g/mol. The van der Waals surface area contributed by atoms with Crippen molar-refractivity contribution in [2.24, 2.45) is 5.41 Å². The standard InChI is InChI=1S/C19H24N4O2S/c1-12-15-13(10-19(2,3)11-14(15)24)21-16(12)17(25)22-5-7-23(8-6-22)18-20-4-9-26-18/h4,9,21H,5-8,10-11H2,1-3H3. The van der Waals surface area contributed by atoms with Crippen molar-refractivity contribution in [1.29, 1.82) is 0 Å². The Hall–Kier alpha value is -2.15. The Labute approximate surface area is 157 Å². The number of aromatic amines is 1. The minimum Gasteiger partial charge on any atom is -0.354 e. The van der Waals surface area contributed by atoms with E-state index in [0.29, 0.717) is 25.2 Å². The van der Waals surface area contributed by atoms with Crippen LogP contribution in [0.2, 0.25) is 0 Å². The van der Waals surface area contributed by atoms with E-state index in [0.717, 1.165) is 41.5 Å². The summed E-state index contributed by atoms with van der Waals surface area (Å²) in [6.45, 7) is 8.99. The molecule has 26 heavy (non-hydrogen) atoms. The van der Waals surface area contributed by atoms with Gasteiger partial charge in [-0.15, -0.1) is 11.3 Å². The predicted octanol–water partition coefficient (Wildman–Crippen LogP) is 2.90. The molecule has 0 bridgehead atoms. The van der Waals surface area contributed by atoms with E-state index < -0.39 is 0 Å². The summed E-state index contributed by atoms with van der Waals surface area (Å²) < 4.78 is 0. The summed E-state index contributed by atoms with van der Waals surface area (Å²) in [5.74, 6) is 0.152. The minimum atomic E-state index is -0.0545. The third kappa shape index (κ3) is 2.94. The van der Waals surface area contributed by atoms with Gasteiger partial charge in [0, 0.05) is 55.4 Å². The maximum atomic E-state index is 13.1. The molecule has 2 aliphatic rings. The van der Waals surface area contributed by atoms with E-state index in [-0.39, 0.29) is 17.1 Å². The molecule has 0 atom stereocenters. The maximum absolute atomic E-state index is 13.1. The quantitative estimate of drug-likeness (QED) is 0.880. The summed E-state index contributed by atoms with van der Waals surface area (Å²) in [5, 5.41) is 2.98. The second-order valence-corrected chi connectivity index (χ2v) is 8.89. The number of hydrogen-bond donors (Lipinski definition) is 1. The van der Waals surface area contributed by atoms with Crippen molar-refractivity contribution in [2.75, 3.05) is 31.1 Å². The van der Waals surface area contributed by atoms with E-state index in [1.807, 2.05) is 23.4 Å². The van der Waals surface area contributed by atoms with Crippen LogP contribution in [0.3, 0.4) is 0 Å². The van der Waals surface area contributed by atoms with Crippen molar-refractivity contribution >= 4 is 28.2 Å². The fourth-order valence-corrected chi connectivity index (χ4v) is 4.77. The summed E-state index contributed by atoms with van der Waals surface area (Å²) in [7, 11) is 0. The summed E-state index contributed by atoms with van der Waals surface area (Å²) >= 11 is 1.62. The van der Waals surface area contributed by atoms with Crippen molar-refractivity contribution in [3.8, 4) is 0 Å². The van der Waals surface area contributed by atoms with Crippen molar-refractivity contribution in [1.82, 2.24) is 14.9 Å². The third-order valence-electron chi connectivity index (χ3n) is 5.37. The van der Waals surface area contributed by atoms with Gasteiger partial charge in [-0.25, -0.2) is 4.98 Å². The monoisotopic (exact) mass is 372 g/mol. The molecule has 1 N–H and O–H groups in total. The zero-order valence-electron chi connectivity index (χ0n) is 15.5. The molecule has 1 aliphatic heterocycles. The van der Waals surface area contributed by atoms with Gasteiger partial charge in [-0.05, 0) is 24.3 Å². The fraction of sp³-hybridized carbons (Fsp3) is 0.526. The molecule has 1 amide bonds. The van der Waals surface area contributed by atoms with E-state index in [4.69, 9.17) is 0 Å². The van der Waals surface area contributed by atoms with Crippen LogP contribution < -0.4 is 4.90 Å². The Morgan fingerprint density at radius 1 is 1.23 bits per heavy atom. The molecule has 2 aromatic rings. The molecular weight excluding hydrogens is 348 g/mol. The number of anilines is 1. The first-order valence-corrected chi connectivity index (χ1v) is 9.92. The Morgan fingerprint density at radius 3 is 2.62 bits per heavy atom. The van der Waals surface area contributed by atoms with E-state index in [1.54, 1.807) is 11.3 Å². The van der Waals surface area contributed by atoms with Gasteiger partial charge < -0.3 is 14.8 Å². The highest BCUT2D eigenvalue weighted by atomic mass is 32.1. The van der Waals surface area contributed by atoms with Gasteiger partial charge in [0.25, 0.3) is 5.91 Å². The van der Waals surface area contributed by atoms with E-state index >= 15 is 0 Å². The smallest absolute Gasteiger partial charge is 0.270 e. The number of aromatic nitrogens is 2. The first-order chi connectivity index (χ1) is 12.4. The number of nitrogens with one attached hydrogen (secondary N) is 1. The number of hydrogen-bond acceptors (Lipinski definition) is 5. The Kier molecular flexibility index (Phi) is 4.14. The molecule has 1 saturated heterocycles. The largest absolute Gasteiger partial charge is 0.354 e. The summed E-state index contributed by atoms with van der Waals surface area (Å²) in [6.07, 6.45) is 3.15. The molecule has 0 saturated carbocycles. The molecule has 3 heterocycles. The zero-order chi connectivity index (χ0) is 18.5. The SMILES string of the molecule is Cc1c(C(=O)N2CCN(c3nccs3)CC2)[nH]c2c1C(=O)CC(C)(C)C2. The van der Waals surface area contributed by atoms with Crippen LogP contribution in [0.1, 0.15) is 52.4 Å². The third-order valence-corrected chi connectivity index (χ3v) is 6.20. The van der Waals surface area contributed by atoms with Gasteiger partial charge in [-0.3, -0.25) is 9.59 Å². The molecule has 7 heteroatoms. The lowest BCUT2D eigenvalue weighted by Gasteiger charge is -2.34. The van der Waals surface area contributed by atoms with Crippen LogP contribution in [0, 0.1) is 12.3 Å². The van der Waals surface area contributed by atoms with E-state index in [1.165, 1.54) is 0 Å². The van der Waals surface area contributed by atoms with Crippen LogP contribution >= 0.6 is 11.3 Å². The number of Topliss-reactive ketones (excluding diaryl/α,β-unsaturated/α-hetero) is 1. The molecule has 0 aromatic carbocycles. The number of carbonyl (C=O) groups excluding carboxylic acids is 2. The summed E-state index contributed by atoms with van der Waals surface area (Å²) in [4.78, 5) is 37.3. The minimum absolute atomic E-state index is 0.00120. The van der Waals surface area contributed by atoms with Crippen LogP contribution in [0.15, 0.2) is 11.6 Å². The van der Waals surface area contributed by atoms with Crippen LogP contribution in [0.5, 0.6) is 0 Å². The second kappa shape index (κ2) is 6.23. The average Bonchev–Trinajstić information content (AvgIpc) is 3.22. The van der Waals surface area contributed by atoms with Gasteiger partial charge in [-0.1, -0.05) is 13.8 Å². The number of carbonyl (C=O) groups is 2. The molecule has 0 spiro atoms. The van der Waals surface area contributed by atoms with Gasteiger partial charge in [0.1, 0.15) is 5.69 Å². The van der Waals surface area contributed by atoms with Crippen molar-refractivity contribution in [2.45, 2.75) is 33.6 Å². The Balaban J connectivity index is 1.52. The number of nitrogens with zero attached hydrogens (tertiary/aromatic N) is 3. The molecule has 2 aromatic heterocycles. The first-order valence-electron chi connectivity index (χ1n) is 9.04. The van der Waals surface area contributed by atoms with Gasteiger partial charge in [0.15, 0.2) is 10.9 Å². The topological polar surface area (TPSA) is 69.3 Å². The highest BCUT2D eigenvalue weighted by Gasteiger charge is 2.36. The zero-order valence-corrected chi connectivity index (χ0v) is 16.3. The summed E-state index contributed by atoms with van der Waals surface area (Å²) in [6, 6.07) is 0.